The van der Waals surface area contributed by atoms with E-state index in [0.29, 0.717) is 5.41 Å². The van der Waals surface area contributed by atoms with Crippen molar-refractivity contribution in [2.45, 2.75) is 40.2 Å². The summed E-state index contributed by atoms with van der Waals surface area (Å²) in [6, 6.07) is 0.756. The molecule has 2 unspecified atom stereocenters. The zero-order valence-corrected chi connectivity index (χ0v) is 12.2. The average Bonchev–Trinajstić information content (AvgIpc) is 2.30. The van der Waals surface area contributed by atoms with Crippen LogP contribution < -0.4 is 5.32 Å². The third kappa shape index (κ3) is 4.27. The predicted octanol–water partition coefficient (Wildman–Crippen LogP) is 2.45. The highest BCUT2D eigenvalue weighted by Gasteiger charge is 2.28. The monoisotopic (exact) mass is 244 g/mol. The maximum Gasteiger partial charge on any atom is 0.0158 e. The second kappa shape index (κ2) is 6.87. The van der Waals surface area contributed by atoms with Gasteiger partial charge in [-0.15, -0.1) is 0 Å². The summed E-state index contributed by atoms with van der Waals surface area (Å²) in [5.41, 5.74) is 0.437. The standard InChI is InChI=1S/C13H28N2S/c1-5-13(4,10-14-6-2)11-15-7-8-16-9-12(15)3/h12,14H,5-11H2,1-4H3. The van der Waals surface area contributed by atoms with Crippen LogP contribution in [0.4, 0.5) is 0 Å². The number of hydrogen-bond acceptors (Lipinski definition) is 3. The Bertz CT molecular complexity index is 198. The van der Waals surface area contributed by atoms with E-state index < -0.39 is 0 Å². The van der Waals surface area contributed by atoms with Gasteiger partial charge in [0, 0.05) is 37.2 Å². The number of nitrogens with zero attached hydrogens (tertiary/aromatic N) is 1. The zero-order chi connectivity index (χ0) is 12.0. The van der Waals surface area contributed by atoms with Crippen LogP contribution in [-0.2, 0) is 0 Å². The van der Waals surface area contributed by atoms with E-state index in [1.54, 1.807) is 0 Å². The highest BCUT2D eigenvalue weighted by molar-refractivity contribution is 7.99. The lowest BCUT2D eigenvalue weighted by Gasteiger charge is -2.40. The molecule has 2 nitrogen and oxygen atoms in total. The fourth-order valence-corrected chi connectivity index (χ4v) is 3.29. The van der Waals surface area contributed by atoms with Crippen molar-refractivity contribution >= 4 is 11.8 Å². The van der Waals surface area contributed by atoms with E-state index in [4.69, 9.17) is 0 Å². The fraction of sp³-hybridized carbons (Fsp3) is 1.00. The minimum Gasteiger partial charge on any atom is -0.316 e. The first-order valence-electron chi connectivity index (χ1n) is 6.64. The Labute approximate surface area is 106 Å². The molecule has 1 aliphatic rings. The molecule has 0 aromatic rings. The topological polar surface area (TPSA) is 15.3 Å². The van der Waals surface area contributed by atoms with Crippen LogP contribution in [0.5, 0.6) is 0 Å². The Morgan fingerprint density at radius 1 is 1.44 bits per heavy atom. The van der Waals surface area contributed by atoms with Crippen LogP contribution in [0.15, 0.2) is 0 Å². The van der Waals surface area contributed by atoms with Crippen molar-refractivity contribution in [2.24, 2.45) is 5.41 Å². The Morgan fingerprint density at radius 2 is 2.19 bits per heavy atom. The maximum atomic E-state index is 3.51. The first-order chi connectivity index (χ1) is 7.61. The summed E-state index contributed by atoms with van der Waals surface area (Å²) in [5.74, 6) is 2.62. The molecular weight excluding hydrogens is 216 g/mol. The molecule has 1 N–H and O–H groups in total. The van der Waals surface area contributed by atoms with Crippen molar-refractivity contribution in [1.29, 1.82) is 0 Å². The molecule has 1 saturated heterocycles. The lowest BCUT2D eigenvalue weighted by molar-refractivity contribution is 0.133. The van der Waals surface area contributed by atoms with Gasteiger partial charge in [0.2, 0.25) is 0 Å². The van der Waals surface area contributed by atoms with E-state index in [0.717, 1.165) is 19.1 Å². The molecule has 0 aromatic carbocycles. The molecule has 1 rings (SSSR count). The largest absolute Gasteiger partial charge is 0.316 e. The lowest BCUT2D eigenvalue weighted by atomic mass is 9.86. The predicted molar refractivity (Wildman–Crippen MR) is 75.3 cm³/mol. The Kier molecular flexibility index (Phi) is 6.16. The summed E-state index contributed by atoms with van der Waals surface area (Å²) in [5, 5.41) is 3.51. The normalized spacial score (nSPS) is 26.6. The zero-order valence-electron chi connectivity index (χ0n) is 11.4. The molecule has 0 radical (unpaired) electrons. The minimum absolute atomic E-state index is 0.437. The van der Waals surface area contributed by atoms with E-state index in [2.05, 4.69) is 49.7 Å². The van der Waals surface area contributed by atoms with E-state index in [-0.39, 0.29) is 0 Å². The molecule has 2 atom stereocenters. The summed E-state index contributed by atoms with van der Waals surface area (Å²) < 4.78 is 0. The van der Waals surface area contributed by atoms with Crippen LogP contribution >= 0.6 is 11.8 Å². The Hall–Kier alpha value is 0.270. The molecule has 0 aromatic heterocycles. The highest BCUT2D eigenvalue weighted by atomic mass is 32.2. The lowest BCUT2D eigenvalue weighted by Crippen LogP contribution is -2.48. The van der Waals surface area contributed by atoms with Gasteiger partial charge in [0.25, 0.3) is 0 Å². The average molecular weight is 244 g/mol. The third-order valence-corrected chi connectivity index (χ3v) is 4.93. The molecule has 0 bridgehead atoms. The summed E-state index contributed by atoms with van der Waals surface area (Å²) in [6.07, 6.45) is 1.26. The van der Waals surface area contributed by atoms with E-state index >= 15 is 0 Å². The first kappa shape index (κ1) is 14.3. The van der Waals surface area contributed by atoms with Crippen molar-refractivity contribution in [2.75, 3.05) is 37.7 Å². The summed E-state index contributed by atoms with van der Waals surface area (Å²) in [7, 11) is 0. The highest BCUT2D eigenvalue weighted by Crippen LogP contribution is 2.25. The summed E-state index contributed by atoms with van der Waals surface area (Å²) >= 11 is 2.10. The van der Waals surface area contributed by atoms with Gasteiger partial charge < -0.3 is 5.32 Å². The van der Waals surface area contributed by atoms with Crippen LogP contribution in [-0.4, -0.2) is 48.6 Å². The molecule has 0 spiro atoms. The van der Waals surface area contributed by atoms with Gasteiger partial charge in [-0.25, -0.2) is 0 Å². The van der Waals surface area contributed by atoms with Gasteiger partial charge in [-0.05, 0) is 25.3 Å². The summed E-state index contributed by atoms with van der Waals surface area (Å²) in [6.45, 7) is 14.1. The second-order valence-corrected chi connectivity index (χ2v) is 6.49. The maximum absolute atomic E-state index is 3.51. The smallest absolute Gasteiger partial charge is 0.0158 e. The van der Waals surface area contributed by atoms with E-state index in [1.807, 2.05) is 0 Å². The third-order valence-electron chi connectivity index (χ3n) is 3.75. The molecule has 96 valence electrons. The number of nitrogens with one attached hydrogen (secondary N) is 1. The fourth-order valence-electron chi connectivity index (χ4n) is 2.21. The molecule has 16 heavy (non-hydrogen) atoms. The van der Waals surface area contributed by atoms with Gasteiger partial charge >= 0.3 is 0 Å². The van der Waals surface area contributed by atoms with Crippen LogP contribution in [0, 0.1) is 5.41 Å². The Balaban J connectivity index is 2.46. The molecule has 3 heteroatoms. The van der Waals surface area contributed by atoms with Crippen molar-refractivity contribution in [3.8, 4) is 0 Å². The number of rotatable bonds is 6. The molecule has 1 aliphatic heterocycles. The Morgan fingerprint density at radius 3 is 2.75 bits per heavy atom. The van der Waals surface area contributed by atoms with Gasteiger partial charge in [0.15, 0.2) is 0 Å². The van der Waals surface area contributed by atoms with E-state index in [1.165, 1.54) is 31.0 Å². The molecule has 0 saturated carbocycles. The minimum atomic E-state index is 0.437. The molecule has 0 aliphatic carbocycles. The van der Waals surface area contributed by atoms with Crippen LogP contribution in [0.2, 0.25) is 0 Å². The first-order valence-corrected chi connectivity index (χ1v) is 7.79. The molecular formula is C13H28N2S. The van der Waals surface area contributed by atoms with Crippen LogP contribution in [0.1, 0.15) is 34.1 Å². The van der Waals surface area contributed by atoms with Crippen molar-refractivity contribution in [3.05, 3.63) is 0 Å². The molecule has 1 heterocycles. The second-order valence-electron chi connectivity index (χ2n) is 5.34. The van der Waals surface area contributed by atoms with Gasteiger partial charge in [-0.2, -0.15) is 11.8 Å². The quantitative estimate of drug-likeness (QED) is 0.772. The number of hydrogen-bond donors (Lipinski definition) is 1. The van der Waals surface area contributed by atoms with Crippen LogP contribution in [0.25, 0.3) is 0 Å². The van der Waals surface area contributed by atoms with Gasteiger partial charge in [0.05, 0.1) is 0 Å². The van der Waals surface area contributed by atoms with Gasteiger partial charge in [-0.3, -0.25) is 4.90 Å². The molecule has 1 fully saturated rings. The van der Waals surface area contributed by atoms with Crippen molar-refractivity contribution in [3.63, 3.8) is 0 Å². The summed E-state index contributed by atoms with van der Waals surface area (Å²) in [4.78, 5) is 2.68. The SMILES string of the molecule is CCNCC(C)(CC)CN1CCSCC1C. The molecule has 0 amide bonds. The van der Waals surface area contributed by atoms with Crippen molar-refractivity contribution < 1.29 is 0 Å². The van der Waals surface area contributed by atoms with E-state index in [9.17, 15) is 0 Å². The van der Waals surface area contributed by atoms with Crippen molar-refractivity contribution in [1.82, 2.24) is 10.2 Å². The number of thioether (sulfide) groups is 1. The van der Waals surface area contributed by atoms with Gasteiger partial charge in [0.1, 0.15) is 0 Å². The van der Waals surface area contributed by atoms with Gasteiger partial charge in [-0.1, -0.05) is 20.8 Å². The van der Waals surface area contributed by atoms with Crippen LogP contribution in [0.3, 0.4) is 0 Å².